The topological polar surface area (TPSA) is 43.7 Å². The fraction of sp³-hybridized carbons (Fsp3) is 0.167. The predicted octanol–water partition coefficient (Wildman–Crippen LogP) is 2.91. The first-order valence-electron chi connectivity index (χ1n) is 4.99. The maximum Gasteiger partial charge on any atom is 0.209 e. The predicted molar refractivity (Wildman–Crippen MR) is 68.9 cm³/mol. The molecule has 0 aliphatic heterocycles. The minimum absolute atomic E-state index is 0.725. The Morgan fingerprint density at radius 1 is 1.29 bits per heavy atom. The van der Waals surface area contributed by atoms with Crippen molar-refractivity contribution < 1.29 is 9.47 Å². The van der Waals surface area contributed by atoms with Gasteiger partial charge in [0.1, 0.15) is 11.5 Å². The van der Waals surface area contributed by atoms with Gasteiger partial charge in [0.05, 0.1) is 14.2 Å². The van der Waals surface area contributed by atoms with Crippen LogP contribution in [-0.2, 0) is 0 Å². The molecule has 2 aromatic rings. The molecule has 0 saturated carbocycles. The highest BCUT2D eigenvalue weighted by Gasteiger charge is 2.02. The summed E-state index contributed by atoms with van der Waals surface area (Å²) in [7, 11) is 3.24. The molecular formula is C12H12N2O2S. The van der Waals surface area contributed by atoms with Gasteiger partial charge in [-0.2, -0.15) is 0 Å². The van der Waals surface area contributed by atoms with Gasteiger partial charge in [0, 0.05) is 29.4 Å². The third kappa shape index (κ3) is 2.82. The Hall–Kier alpha value is -1.88. The van der Waals surface area contributed by atoms with Crippen molar-refractivity contribution in [1.29, 1.82) is 0 Å². The normalized spacial score (nSPS) is 10.7. The minimum Gasteiger partial charge on any atom is -0.497 e. The van der Waals surface area contributed by atoms with Crippen molar-refractivity contribution >= 4 is 22.7 Å². The van der Waals surface area contributed by atoms with E-state index in [0.717, 1.165) is 22.2 Å². The van der Waals surface area contributed by atoms with Crippen LogP contribution in [0.2, 0.25) is 0 Å². The summed E-state index contributed by atoms with van der Waals surface area (Å²) < 4.78 is 10.4. The first kappa shape index (κ1) is 11.6. The number of ether oxygens (including phenoxy) is 2. The van der Waals surface area contributed by atoms with Crippen LogP contribution < -0.4 is 9.47 Å². The van der Waals surface area contributed by atoms with Gasteiger partial charge in [-0.25, -0.2) is 9.98 Å². The largest absolute Gasteiger partial charge is 0.497 e. The molecule has 0 spiro atoms. The summed E-state index contributed by atoms with van der Waals surface area (Å²) in [6, 6.07) is 5.59. The molecule has 0 aliphatic rings. The van der Waals surface area contributed by atoms with E-state index < -0.39 is 0 Å². The van der Waals surface area contributed by atoms with E-state index in [4.69, 9.17) is 9.47 Å². The number of hydrogen-bond donors (Lipinski definition) is 0. The van der Waals surface area contributed by atoms with Crippen molar-refractivity contribution in [3.8, 4) is 11.5 Å². The fourth-order valence-corrected chi connectivity index (χ4v) is 1.81. The van der Waals surface area contributed by atoms with Gasteiger partial charge in [0.2, 0.25) is 5.13 Å². The van der Waals surface area contributed by atoms with Crippen molar-refractivity contribution in [3.05, 3.63) is 35.3 Å². The van der Waals surface area contributed by atoms with E-state index in [9.17, 15) is 0 Å². The zero-order valence-corrected chi connectivity index (χ0v) is 10.4. The van der Waals surface area contributed by atoms with Gasteiger partial charge in [-0.1, -0.05) is 0 Å². The Morgan fingerprint density at radius 2 is 2.18 bits per heavy atom. The molecule has 0 fully saturated rings. The number of aromatic nitrogens is 1. The second kappa shape index (κ2) is 5.45. The number of thiazole rings is 1. The van der Waals surface area contributed by atoms with Crippen LogP contribution in [0.15, 0.2) is 34.8 Å². The monoisotopic (exact) mass is 248 g/mol. The molecule has 1 aromatic carbocycles. The van der Waals surface area contributed by atoms with E-state index in [-0.39, 0.29) is 0 Å². The van der Waals surface area contributed by atoms with Crippen LogP contribution in [0, 0.1) is 0 Å². The molecule has 0 bridgehead atoms. The second-order valence-corrected chi connectivity index (χ2v) is 4.05. The summed E-state index contributed by atoms with van der Waals surface area (Å²) in [5, 5.41) is 2.61. The number of nitrogens with zero attached hydrogens (tertiary/aromatic N) is 2. The van der Waals surface area contributed by atoms with Crippen molar-refractivity contribution in [2.45, 2.75) is 0 Å². The van der Waals surface area contributed by atoms with E-state index in [1.165, 1.54) is 11.3 Å². The molecule has 1 heterocycles. The minimum atomic E-state index is 0.725. The van der Waals surface area contributed by atoms with E-state index in [0.29, 0.717) is 0 Å². The molecule has 5 heteroatoms. The third-order valence-electron chi connectivity index (χ3n) is 2.17. The summed E-state index contributed by atoms with van der Waals surface area (Å²) in [4.78, 5) is 8.34. The Balaban J connectivity index is 2.26. The highest BCUT2D eigenvalue weighted by molar-refractivity contribution is 7.13. The summed E-state index contributed by atoms with van der Waals surface area (Å²) >= 11 is 1.49. The van der Waals surface area contributed by atoms with E-state index >= 15 is 0 Å². The van der Waals surface area contributed by atoms with Crippen LogP contribution in [0.4, 0.5) is 5.13 Å². The highest BCUT2D eigenvalue weighted by atomic mass is 32.1. The number of rotatable bonds is 4. The summed E-state index contributed by atoms with van der Waals surface area (Å²) in [6.45, 7) is 0. The molecule has 0 N–H and O–H groups in total. The third-order valence-corrected chi connectivity index (χ3v) is 2.85. The lowest BCUT2D eigenvalue weighted by Gasteiger charge is -2.06. The average molecular weight is 248 g/mol. The SMILES string of the molecule is COc1ccc(/C=N\c2nccs2)c(OC)c1. The van der Waals surface area contributed by atoms with Gasteiger partial charge >= 0.3 is 0 Å². The van der Waals surface area contributed by atoms with Crippen LogP contribution >= 0.6 is 11.3 Å². The Bertz CT molecular complexity index is 509. The maximum absolute atomic E-state index is 5.27. The maximum atomic E-state index is 5.27. The van der Waals surface area contributed by atoms with Crippen LogP contribution in [0.1, 0.15) is 5.56 Å². The molecule has 2 rings (SSSR count). The van der Waals surface area contributed by atoms with Gasteiger partial charge in [0.25, 0.3) is 0 Å². The smallest absolute Gasteiger partial charge is 0.209 e. The van der Waals surface area contributed by atoms with E-state index in [2.05, 4.69) is 9.98 Å². The molecule has 4 nitrogen and oxygen atoms in total. The van der Waals surface area contributed by atoms with Crippen LogP contribution in [-0.4, -0.2) is 25.4 Å². The van der Waals surface area contributed by atoms with E-state index in [1.807, 2.05) is 23.6 Å². The molecule has 0 atom stereocenters. The zero-order valence-electron chi connectivity index (χ0n) is 9.58. The standard InChI is InChI=1S/C12H12N2O2S/c1-15-10-4-3-9(11(7-10)16-2)8-14-12-13-5-6-17-12/h3-8H,1-2H3/b14-8-. The molecule has 88 valence electrons. The zero-order chi connectivity index (χ0) is 12.1. The lowest BCUT2D eigenvalue weighted by atomic mass is 10.2. The number of hydrogen-bond acceptors (Lipinski definition) is 5. The van der Waals surface area contributed by atoms with Crippen molar-refractivity contribution in [2.24, 2.45) is 4.99 Å². The van der Waals surface area contributed by atoms with Gasteiger partial charge in [-0.15, -0.1) is 11.3 Å². The Kier molecular flexibility index (Phi) is 3.72. The Morgan fingerprint density at radius 3 is 2.82 bits per heavy atom. The van der Waals surface area contributed by atoms with Crippen molar-refractivity contribution in [2.75, 3.05) is 14.2 Å². The first-order valence-corrected chi connectivity index (χ1v) is 5.87. The number of aliphatic imine (C=N–C) groups is 1. The molecular weight excluding hydrogens is 236 g/mol. The number of methoxy groups -OCH3 is 2. The number of benzene rings is 1. The molecule has 0 saturated heterocycles. The summed E-state index contributed by atoms with van der Waals surface area (Å²) in [5.41, 5.74) is 0.892. The molecule has 1 aromatic heterocycles. The van der Waals surface area contributed by atoms with Gasteiger partial charge in [-0.3, -0.25) is 0 Å². The van der Waals surface area contributed by atoms with Crippen molar-refractivity contribution in [3.63, 3.8) is 0 Å². The highest BCUT2D eigenvalue weighted by Crippen LogP contribution is 2.24. The lowest BCUT2D eigenvalue weighted by Crippen LogP contribution is -1.92. The van der Waals surface area contributed by atoms with Crippen LogP contribution in [0.5, 0.6) is 11.5 Å². The van der Waals surface area contributed by atoms with Gasteiger partial charge < -0.3 is 9.47 Å². The van der Waals surface area contributed by atoms with Gasteiger partial charge in [0.15, 0.2) is 0 Å². The summed E-state index contributed by atoms with van der Waals surface area (Å²) in [6.07, 6.45) is 3.46. The van der Waals surface area contributed by atoms with E-state index in [1.54, 1.807) is 26.6 Å². The van der Waals surface area contributed by atoms with Crippen LogP contribution in [0.25, 0.3) is 0 Å². The van der Waals surface area contributed by atoms with Crippen molar-refractivity contribution in [1.82, 2.24) is 4.98 Å². The first-order chi connectivity index (χ1) is 8.33. The molecule has 0 aliphatic carbocycles. The summed E-state index contributed by atoms with van der Waals surface area (Å²) in [5.74, 6) is 1.48. The van der Waals surface area contributed by atoms with Gasteiger partial charge in [-0.05, 0) is 12.1 Å². The molecule has 0 radical (unpaired) electrons. The fourth-order valence-electron chi connectivity index (χ4n) is 1.33. The van der Waals surface area contributed by atoms with Crippen LogP contribution in [0.3, 0.4) is 0 Å². The quantitative estimate of drug-likeness (QED) is 0.781. The average Bonchev–Trinajstić information content (AvgIpc) is 2.89. The molecule has 17 heavy (non-hydrogen) atoms. The molecule has 0 unspecified atom stereocenters. The molecule has 0 amide bonds. The second-order valence-electron chi connectivity index (χ2n) is 3.18. The Labute approximate surface area is 104 Å². The lowest BCUT2D eigenvalue weighted by molar-refractivity contribution is 0.394.